The summed E-state index contributed by atoms with van der Waals surface area (Å²) >= 11 is 12.2. The predicted molar refractivity (Wildman–Crippen MR) is 108 cm³/mol. The van der Waals surface area contributed by atoms with E-state index in [2.05, 4.69) is 9.88 Å². The summed E-state index contributed by atoms with van der Waals surface area (Å²) in [5.74, 6) is 1.72. The van der Waals surface area contributed by atoms with E-state index in [1.807, 2.05) is 11.8 Å². The fraction of sp³-hybridized carbons (Fsp3) is 0.450. The Bertz CT molecular complexity index is 881. The number of fused-ring (bicyclic) bond motifs is 1. The van der Waals surface area contributed by atoms with E-state index in [0.29, 0.717) is 28.7 Å². The molecule has 0 N–H and O–H groups in total. The summed E-state index contributed by atoms with van der Waals surface area (Å²) in [7, 11) is 0. The van der Waals surface area contributed by atoms with Crippen molar-refractivity contribution in [1.82, 2.24) is 14.9 Å². The maximum Gasteiger partial charge on any atom is 0.255 e. The van der Waals surface area contributed by atoms with Crippen molar-refractivity contribution in [3.63, 3.8) is 0 Å². The lowest BCUT2D eigenvalue weighted by molar-refractivity contribution is 0.0733. The van der Waals surface area contributed by atoms with E-state index in [4.69, 9.17) is 28.2 Å². The van der Waals surface area contributed by atoms with Crippen molar-refractivity contribution in [3.05, 3.63) is 50.9 Å². The van der Waals surface area contributed by atoms with Gasteiger partial charge in [0.05, 0.1) is 22.8 Å². The molecular formula is C20H22Cl2N4O. The highest BCUT2D eigenvalue weighted by Gasteiger charge is 2.29. The van der Waals surface area contributed by atoms with Crippen molar-refractivity contribution in [1.29, 1.82) is 0 Å². The van der Waals surface area contributed by atoms with E-state index >= 15 is 0 Å². The molecule has 5 nitrogen and oxygen atoms in total. The molecule has 2 aromatic rings. The highest BCUT2D eigenvalue weighted by molar-refractivity contribution is 6.36. The van der Waals surface area contributed by atoms with Crippen molar-refractivity contribution >= 4 is 34.9 Å². The molecule has 27 heavy (non-hydrogen) atoms. The Morgan fingerprint density at radius 2 is 1.85 bits per heavy atom. The molecule has 4 rings (SSSR count). The van der Waals surface area contributed by atoms with Crippen LogP contribution in [0.1, 0.15) is 46.7 Å². The van der Waals surface area contributed by atoms with Gasteiger partial charge in [-0.05, 0) is 44.4 Å². The van der Waals surface area contributed by atoms with Gasteiger partial charge in [-0.25, -0.2) is 9.97 Å². The number of rotatable bonds is 2. The molecule has 3 heterocycles. The van der Waals surface area contributed by atoms with E-state index in [-0.39, 0.29) is 5.91 Å². The lowest BCUT2D eigenvalue weighted by Gasteiger charge is -2.34. The van der Waals surface area contributed by atoms with E-state index in [9.17, 15) is 4.79 Å². The highest BCUT2D eigenvalue weighted by Crippen LogP contribution is 2.30. The molecule has 1 fully saturated rings. The molecule has 0 aliphatic carbocycles. The van der Waals surface area contributed by atoms with Crippen LogP contribution in [-0.2, 0) is 13.0 Å². The Balaban J connectivity index is 1.64. The zero-order valence-corrected chi connectivity index (χ0v) is 16.9. The summed E-state index contributed by atoms with van der Waals surface area (Å²) in [6.07, 6.45) is 4.36. The zero-order valence-electron chi connectivity index (χ0n) is 15.3. The van der Waals surface area contributed by atoms with Crippen LogP contribution in [0.2, 0.25) is 10.0 Å². The normalized spacial score (nSPS) is 17.0. The van der Waals surface area contributed by atoms with Crippen molar-refractivity contribution in [3.8, 4) is 0 Å². The van der Waals surface area contributed by atoms with Gasteiger partial charge in [-0.3, -0.25) is 4.79 Å². The average molecular weight is 405 g/mol. The summed E-state index contributed by atoms with van der Waals surface area (Å²) < 4.78 is 0. The Labute approximate surface area is 169 Å². The standard InChI is InChI=1S/C20H22Cl2N4O/c1-13-23-18-7-10-26(20(27)15-6-5-14(21)11-17(15)22)12-16(18)19(24-13)25-8-3-2-4-9-25/h5-6,11H,2-4,7-10,12H2,1H3. The van der Waals surface area contributed by atoms with Gasteiger partial charge in [0, 0.05) is 36.6 Å². The minimum atomic E-state index is -0.0764. The third-order valence-electron chi connectivity index (χ3n) is 5.25. The molecule has 2 aliphatic rings. The fourth-order valence-electron chi connectivity index (χ4n) is 3.89. The molecule has 1 aromatic heterocycles. The second kappa shape index (κ2) is 7.64. The second-order valence-electron chi connectivity index (χ2n) is 7.17. The molecule has 0 radical (unpaired) electrons. The van der Waals surface area contributed by atoms with Gasteiger partial charge in [-0.2, -0.15) is 0 Å². The van der Waals surface area contributed by atoms with Crippen LogP contribution in [0.25, 0.3) is 0 Å². The topological polar surface area (TPSA) is 49.3 Å². The van der Waals surface area contributed by atoms with Crippen LogP contribution in [-0.4, -0.2) is 40.4 Å². The Morgan fingerprint density at radius 3 is 2.59 bits per heavy atom. The number of benzene rings is 1. The number of hydrogen-bond donors (Lipinski definition) is 0. The van der Waals surface area contributed by atoms with Crippen LogP contribution in [0.15, 0.2) is 18.2 Å². The van der Waals surface area contributed by atoms with Crippen molar-refractivity contribution in [2.45, 2.75) is 39.2 Å². The number of nitrogens with zero attached hydrogens (tertiary/aromatic N) is 4. The maximum atomic E-state index is 13.0. The van der Waals surface area contributed by atoms with Gasteiger partial charge in [0.1, 0.15) is 11.6 Å². The molecule has 1 amide bonds. The van der Waals surface area contributed by atoms with Crippen LogP contribution in [0, 0.1) is 6.92 Å². The summed E-state index contributed by atoms with van der Waals surface area (Å²) in [6.45, 7) is 5.11. The number of aryl methyl sites for hydroxylation is 1. The van der Waals surface area contributed by atoms with Crippen molar-refractivity contribution < 1.29 is 4.79 Å². The molecule has 0 saturated carbocycles. The Hall–Kier alpha value is -1.85. The minimum Gasteiger partial charge on any atom is -0.356 e. The molecule has 1 aromatic carbocycles. The zero-order chi connectivity index (χ0) is 19.0. The van der Waals surface area contributed by atoms with Crippen LogP contribution < -0.4 is 4.90 Å². The van der Waals surface area contributed by atoms with Crippen molar-refractivity contribution in [2.24, 2.45) is 0 Å². The van der Waals surface area contributed by atoms with Gasteiger partial charge in [0.25, 0.3) is 5.91 Å². The minimum absolute atomic E-state index is 0.0764. The molecule has 0 spiro atoms. The number of hydrogen-bond acceptors (Lipinski definition) is 4. The number of amides is 1. The van der Waals surface area contributed by atoms with Crippen LogP contribution in [0.4, 0.5) is 5.82 Å². The molecule has 142 valence electrons. The van der Waals surface area contributed by atoms with Gasteiger partial charge in [0.2, 0.25) is 0 Å². The first-order chi connectivity index (χ1) is 13.0. The quantitative estimate of drug-likeness (QED) is 0.749. The smallest absolute Gasteiger partial charge is 0.255 e. The molecule has 0 bridgehead atoms. The molecule has 1 saturated heterocycles. The maximum absolute atomic E-state index is 13.0. The van der Waals surface area contributed by atoms with Gasteiger partial charge in [0.15, 0.2) is 0 Å². The largest absolute Gasteiger partial charge is 0.356 e. The summed E-state index contributed by atoms with van der Waals surface area (Å²) in [5, 5.41) is 0.909. The van der Waals surface area contributed by atoms with Crippen molar-refractivity contribution in [2.75, 3.05) is 24.5 Å². The SMILES string of the molecule is Cc1nc2c(c(N3CCCCC3)n1)CN(C(=O)c1ccc(Cl)cc1Cl)CC2. The summed E-state index contributed by atoms with van der Waals surface area (Å²) in [6, 6.07) is 5.00. The van der Waals surface area contributed by atoms with E-state index in [1.54, 1.807) is 18.2 Å². The molecular weight excluding hydrogens is 383 g/mol. The Morgan fingerprint density at radius 1 is 1.07 bits per heavy atom. The third kappa shape index (κ3) is 3.76. The van der Waals surface area contributed by atoms with E-state index < -0.39 is 0 Å². The second-order valence-corrected chi connectivity index (χ2v) is 8.01. The number of piperidine rings is 1. The van der Waals surface area contributed by atoms with Crippen LogP contribution >= 0.6 is 23.2 Å². The molecule has 7 heteroatoms. The lowest BCUT2D eigenvalue weighted by atomic mass is 10.0. The fourth-order valence-corrected chi connectivity index (χ4v) is 4.38. The number of anilines is 1. The number of carbonyl (C=O) groups is 1. The lowest BCUT2D eigenvalue weighted by Crippen LogP contribution is -2.39. The van der Waals surface area contributed by atoms with Crippen LogP contribution in [0.5, 0.6) is 0 Å². The van der Waals surface area contributed by atoms with Gasteiger partial charge < -0.3 is 9.80 Å². The number of halogens is 2. The average Bonchev–Trinajstić information content (AvgIpc) is 2.67. The van der Waals surface area contributed by atoms with Crippen LogP contribution in [0.3, 0.4) is 0 Å². The monoisotopic (exact) mass is 404 g/mol. The summed E-state index contributed by atoms with van der Waals surface area (Å²) in [5.41, 5.74) is 2.62. The van der Waals surface area contributed by atoms with Gasteiger partial charge in [-0.1, -0.05) is 23.2 Å². The first kappa shape index (κ1) is 18.5. The summed E-state index contributed by atoms with van der Waals surface area (Å²) in [4.78, 5) is 26.6. The molecule has 0 unspecified atom stereocenters. The van der Waals surface area contributed by atoms with Gasteiger partial charge >= 0.3 is 0 Å². The molecule has 2 aliphatic heterocycles. The van der Waals surface area contributed by atoms with E-state index in [0.717, 1.165) is 42.4 Å². The molecule has 0 atom stereocenters. The number of carbonyl (C=O) groups excluding carboxylic acids is 1. The first-order valence-electron chi connectivity index (χ1n) is 9.38. The Kier molecular flexibility index (Phi) is 5.24. The van der Waals surface area contributed by atoms with E-state index in [1.165, 1.54) is 19.3 Å². The highest BCUT2D eigenvalue weighted by atomic mass is 35.5. The van der Waals surface area contributed by atoms with Gasteiger partial charge in [-0.15, -0.1) is 0 Å². The predicted octanol–water partition coefficient (Wildman–Crippen LogP) is 4.28. The number of aromatic nitrogens is 2. The first-order valence-corrected chi connectivity index (χ1v) is 10.1. The third-order valence-corrected chi connectivity index (χ3v) is 5.80.